The summed E-state index contributed by atoms with van der Waals surface area (Å²) in [4.78, 5) is 27.4. The fraction of sp³-hybridized carbons (Fsp3) is 0.444. The fourth-order valence-corrected chi connectivity index (χ4v) is 6.96. The highest BCUT2D eigenvalue weighted by molar-refractivity contribution is 6.02. The molecule has 2 unspecified atom stereocenters. The summed E-state index contributed by atoms with van der Waals surface area (Å²) in [5.41, 5.74) is 5.55. The summed E-state index contributed by atoms with van der Waals surface area (Å²) in [5, 5.41) is 9.38. The predicted octanol–water partition coefficient (Wildman–Crippen LogP) is 7.26. The minimum Gasteiger partial charge on any atom is -0.497 e. The van der Waals surface area contributed by atoms with E-state index in [2.05, 4.69) is 29.2 Å². The van der Waals surface area contributed by atoms with E-state index in [9.17, 15) is 14.7 Å². The van der Waals surface area contributed by atoms with Crippen molar-refractivity contribution in [2.45, 2.75) is 63.2 Å². The third-order valence-electron chi connectivity index (χ3n) is 9.51. The molecular weight excluding hydrogens is 526 g/mol. The lowest BCUT2D eigenvalue weighted by Gasteiger charge is -2.34. The molecule has 2 fully saturated rings. The topological polar surface area (TPSA) is 76.1 Å². The van der Waals surface area contributed by atoms with Gasteiger partial charge in [0.05, 0.1) is 25.8 Å². The molecule has 0 bridgehead atoms. The largest absolute Gasteiger partial charge is 0.497 e. The summed E-state index contributed by atoms with van der Waals surface area (Å²) in [6.07, 6.45) is 6.96. The van der Waals surface area contributed by atoms with Crippen LogP contribution in [0.2, 0.25) is 0 Å². The molecule has 0 radical (unpaired) electrons. The van der Waals surface area contributed by atoms with Gasteiger partial charge in [-0.05, 0) is 103 Å². The number of nitrogens with zero attached hydrogens (tertiary/aromatic N) is 1. The van der Waals surface area contributed by atoms with Crippen molar-refractivity contribution in [1.29, 1.82) is 0 Å². The molecule has 2 atom stereocenters. The van der Waals surface area contributed by atoms with Gasteiger partial charge in [-0.15, -0.1) is 0 Å². The zero-order valence-electron chi connectivity index (χ0n) is 24.5. The molecule has 220 valence electrons. The van der Waals surface area contributed by atoms with Crippen molar-refractivity contribution < 1.29 is 24.2 Å². The molecule has 2 aliphatic carbocycles. The Labute approximate surface area is 248 Å². The lowest BCUT2D eigenvalue weighted by atomic mass is 9.91. The molecule has 1 saturated carbocycles. The highest BCUT2D eigenvalue weighted by Crippen LogP contribution is 2.45. The van der Waals surface area contributed by atoms with Gasteiger partial charge >= 0.3 is 5.97 Å². The Morgan fingerprint density at radius 3 is 2.50 bits per heavy atom. The van der Waals surface area contributed by atoms with Crippen LogP contribution in [0.1, 0.15) is 83.8 Å². The summed E-state index contributed by atoms with van der Waals surface area (Å²) < 4.78 is 11.8. The van der Waals surface area contributed by atoms with Gasteiger partial charge < -0.3 is 19.5 Å². The van der Waals surface area contributed by atoms with Crippen LogP contribution >= 0.6 is 0 Å². The molecule has 1 N–H and O–H groups in total. The first kappa shape index (κ1) is 28.3. The minimum absolute atomic E-state index is 0.0671. The second-order valence-corrected chi connectivity index (χ2v) is 12.3. The molecule has 1 aliphatic heterocycles. The van der Waals surface area contributed by atoms with Crippen molar-refractivity contribution >= 4 is 17.4 Å². The van der Waals surface area contributed by atoms with Gasteiger partial charge in [-0.3, -0.25) is 9.59 Å². The number of benzene rings is 3. The number of hydrogen-bond acceptors (Lipinski definition) is 5. The van der Waals surface area contributed by atoms with Crippen molar-refractivity contribution in [2.24, 2.45) is 11.8 Å². The Balaban J connectivity index is 1.08. The maximum Gasteiger partial charge on any atom is 0.303 e. The van der Waals surface area contributed by atoms with Crippen LogP contribution < -0.4 is 14.4 Å². The number of ketones is 1. The quantitative estimate of drug-likeness (QED) is 0.232. The number of fused-ring (bicyclic) bond motifs is 1. The average molecular weight is 568 g/mol. The number of aliphatic carboxylic acids is 1. The number of hydrogen-bond donors (Lipinski definition) is 1. The van der Waals surface area contributed by atoms with Gasteiger partial charge in [0.25, 0.3) is 0 Å². The van der Waals surface area contributed by atoms with Crippen LogP contribution in [0, 0.1) is 11.8 Å². The molecule has 1 heterocycles. The standard InChI is InChI=1S/C36H41NO5/c1-41-29-13-14-32(35(38)20-28-12-11-25-5-2-3-8-31(25)28)34(21-29)37-17-15-24(16-18-37)23-42-30-7-4-6-27(19-30)33(22-36(39)40)26-9-10-26/h2-8,13-14,19,21,24,26,28,33H,9-12,15-18,20,22-23H2,1H3,(H,39,40). The van der Waals surface area contributed by atoms with Crippen LogP contribution in [-0.2, 0) is 11.2 Å². The molecule has 0 amide bonds. The molecule has 6 nitrogen and oxygen atoms in total. The van der Waals surface area contributed by atoms with Crippen LogP contribution in [-0.4, -0.2) is 43.7 Å². The first-order valence-electron chi connectivity index (χ1n) is 15.5. The Bertz CT molecular complexity index is 1420. The van der Waals surface area contributed by atoms with Gasteiger partial charge in [0.1, 0.15) is 11.5 Å². The summed E-state index contributed by atoms with van der Waals surface area (Å²) in [7, 11) is 1.67. The maximum atomic E-state index is 13.7. The second-order valence-electron chi connectivity index (χ2n) is 12.3. The van der Waals surface area contributed by atoms with E-state index in [0.717, 1.165) is 79.9 Å². The molecule has 0 aromatic heterocycles. The normalized spacial score (nSPS) is 19.3. The third kappa shape index (κ3) is 6.48. The number of carboxylic acids is 1. The minimum atomic E-state index is -0.741. The summed E-state index contributed by atoms with van der Waals surface area (Å²) in [6, 6.07) is 22.4. The van der Waals surface area contributed by atoms with Gasteiger partial charge in [-0.2, -0.15) is 0 Å². The van der Waals surface area contributed by atoms with Crippen LogP contribution in [0.5, 0.6) is 11.5 Å². The van der Waals surface area contributed by atoms with Crippen molar-refractivity contribution in [3.63, 3.8) is 0 Å². The van der Waals surface area contributed by atoms with Gasteiger partial charge in [-0.1, -0.05) is 36.4 Å². The number of Topliss-reactive ketones (excluding diaryl/α,β-unsaturated/α-hetero) is 1. The highest BCUT2D eigenvalue weighted by atomic mass is 16.5. The molecule has 1 saturated heterocycles. The highest BCUT2D eigenvalue weighted by Gasteiger charge is 2.34. The average Bonchev–Trinajstić information content (AvgIpc) is 3.79. The number of carboxylic acid groups (broad SMARTS) is 1. The van der Waals surface area contributed by atoms with Gasteiger partial charge in [0, 0.05) is 31.1 Å². The second kappa shape index (κ2) is 12.6. The lowest BCUT2D eigenvalue weighted by molar-refractivity contribution is -0.137. The number of carbonyl (C=O) groups is 2. The number of aryl methyl sites for hydroxylation is 1. The first-order chi connectivity index (χ1) is 20.5. The molecular formula is C36H41NO5. The van der Waals surface area contributed by atoms with Gasteiger partial charge in [0.15, 0.2) is 5.78 Å². The number of rotatable bonds is 12. The monoisotopic (exact) mass is 567 g/mol. The van der Waals surface area contributed by atoms with E-state index < -0.39 is 5.97 Å². The van der Waals surface area contributed by atoms with Crippen molar-refractivity contribution in [3.05, 3.63) is 89.0 Å². The predicted molar refractivity (Wildman–Crippen MR) is 164 cm³/mol. The van der Waals surface area contributed by atoms with Crippen LogP contribution in [0.4, 0.5) is 5.69 Å². The Hall–Kier alpha value is -3.80. The Morgan fingerprint density at radius 1 is 0.929 bits per heavy atom. The Kier molecular flexibility index (Phi) is 8.50. The van der Waals surface area contributed by atoms with Crippen LogP contribution in [0.25, 0.3) is 0 Å². The van der Waals surface area contributed by atoms with E-state index in [0.29, 0.717) is 24.9 Å². The molecule has 6 heteroatoms. The van der Waals surface area contributed by atoms with Crippen LogP contribution in [0.15, 0.2) is 66.7 Å². The molecule has 6 rings (SSSR count). The number of ether oxygens (including phenoxy) is 2. The molecule has 3 aromatic rings. The van der Waals surface area contributed by atoms with Crippen molar-refractivity contribution in [3.8, 4) is 11.5 Å². The summed E-state index contributed by atoms with van der Waals surface area (Å²) in [6.45, 7) is 2.35. The molecule has 42 heavy (non-hydrogen) atoms. The zero-order valence-corrected chi connectivity index (χ0v) is 24.5. The van der Waals surface area contributed by atoms with E-state index in [1.165, 1.54) is 11.1 Å². The first-order valence-corrected chi connectivity index (χ1v) is 15.5. The number of methoxy groups -OCH3 is 1. The molecule has 0 spiro atoms. The van der Waals surface area contributed by atoms with E-state index in [1.807, 2.05) is 42.5 Å². The van der Waals surface area contributed by atoms with E-state index in [4.69, 9.17) is 9.47 Å². The number of anilines is 1. The SMILES string of the molecule is COc1ccc(C(=O)CC2CCc3ccccc32)c(N2CCC(COc3cccc(C(CC(=O)O)C4CC4)c3)CC2)c1. The summed E-state index contributed by atoms with van der Waals surface area (Å²) >= 11 is 0. The molecule has 3 aromatic carbocycles. The maximum absolute atomic E-state index is 13.7. The van der Waals surface area contributed by atoms with E-state index >= 15 is 0 Å². The number of carbonyl (C=O) groups excluding carboxylic acids is 1. The van der Waals surface area contributed by atoms with E-state index in [-0.39, 0.29) is 24.0 Å². The fourth-order valence-electron chi connectivity index (χ4n) is 6.96. The van der Waals surface area contributed by atoms with Gasteiger partial charge in [-0.25, -0.2) is 0 Å². The Morgan fingerprint density at radius 2 is 1.74 bits per heavy atom. The zero-order chi connectivity index (χ0) is 29.1. The van der Waals surface area contributed by atoms with E-state index in [1.54, 1.807) is 7.11 Å². The van der Waals surface area contributed by atoms with Gasteiger partial charge in [0.2, 0.25) is 0 Å². The van der Waals surface area contributed by atoms with Crippen molar-refractivity contribution in [1.82, 2.24) is 0 Å². The summed E-state index contributed by atoms with van der Waals surface area (Å²) in [5.74, 6) is 2.30. The third-order valence-corrected chi connectivity index (χ3v) is 9.51. The van der Waals surface area contributed by atoms with Crippen LogP contribution in [0.3, 0.4) is 0 Å². The smallest absolute Gasteiger partial charge is 0.303 e. The van der Waals surface area contributed by atoms with Crippen molar-refractivity contribution in [2.75, 3.05) is 31.7 Å². The lowest BCUT2D eigenvalue weighted by Crippen LogP contribution is -2.36. The molecule has 3 aliphatic rings. The number of piperidine rings is 1.